The predicted molar refractivity (Wildman–Crippen MR) is 228 cm³/mol. The van der Waals surface area contributed by atoms with Gasteiger partial charge in [0, 0.05) is 0 Å². The molecule has 0 saturated heterocycles. The van der Waals surface area contributed by atoms with Gasteiger partial charge >= 0.3 is 333 Å². The molecule has 2 aliphatic rings. The van der Waals surface area contributed by atoms with E-state index in [1.54, 1.807) is 35.9 Å². The molecular weight excluding hydrogens is 732 g/mol. The third kappa shape index (κ3) is 6.88. The Kier molecular flexibility index (Phi) is 9.84. The summed E-state index contributed by atoms with van der Waals surface area (Å²) < 4.78 is 1.72. The van der Waals surface area contributed by atoms with Gasteiger partial charge in [0.15, 0.2) is 0 Å². The molecule has 1 atom stereocenters. The fraction of sp³-hybridized carbons (Fsp3) is 0.255. The van der Waals surface area contributed by atoms with E-state index < -0.39 is 28.3 Å². The molecule has 0 radical (unpaired) electrons. The molecule has 0 aliphatic heterocycles. The molecule has 53 heavy (non-hydrogen) atoms. The van der Waals surface area contributed by atoms with Crippen LogP contribution in [-0.2, 0) is 39.6 Å². The van der Waals surface area contributed by atoms with Crippen LogP contribution in [0.3, 0.4) is 0 Å². The second kappa shape index (κ2) is 14.4. The Labute approximate surface area is 330 Å². The number of rotatable bonds is 8. The Balaban J connectivity index is 1.42. The molecule has 0 N–H and O–H groups in total. The van der Waals surface area contributed by atoms with Crippen molar-refractivity contribution in [2.24, 2.45) is 0 Å². The molecule has 0 bridgehead atoms. The van der Waals surface area contributed by atoms with E-state index >= 15 is 0 Å². The van der Waals surface area contributed by atoms with E-state index in [0.29, 0.717) is 0 Å². The van der Waals surface area contributed by atoms with Crippen molar-refractivity contribution in [2.75, 3.05) is 0 Å². The second-order valence-corrected chi connectivity index (χ2v) is 27.5. The van der Waals surface area contributed by atoms with Gasteiger partial charge in [0.1, 0.15) is 0 Å². The van der Waals surface area contributed by atoms with E-state index in [1.807, 2.05) is 0 Å². The molecule has 8 rings (SSSR count). The third-order valence-electron chi connectivity index (χ3n) is 11.5. The number of hydrogen-bond acceptors (Lipinski definition) is 0. The van der Waals surface area contributed by atoms with E-state index in [-0.39, 0.29) is 16.7 Å². The van der Waals surface area contributed by atoms with Gasteiger partial charge < -0.3 is 0 Å². The van der Waals surface area contributed by atoms with Crippen molar-refractivity contribution >= 4 is 25.6 Å². The van der Waals surface area contributed by atoms with Crippen molar-refractivity contribution in [3.63, 3.8) is 0 Å². The van der Waals surface area contributed by atoms with Crippen molar-refractivity contribution in [1.82, 2.24) is 0 Å². The fourth-order valence-corrected chi connectivity index (χ4v) is 22.4. The summed E-state index contributed by atoms with van der Waals surface area (Å²) in [4.78, 5) is 0. The van der Waals surface area contributed by atoms with Crippen LogP contribution in [0.1, 0.15) is 106 Å². The first kappa shape index (κ1) is 36.2. The molecule has 0 heterocycles. The van der Waals surface area contributed by atoms with Crippen LogP contribution in [0.15, 0.2) is 139 Å². The van der Waals surface area contributed by atoms with Crippen LogP contribution in [0.2, 0.25) is 0 Å². The zero-order valence-corrected chi connectivity index (χ0v) is 36.2. The Morgan fingerprint density at radius 3 is 1.89 bits per heavy atom. The van der Waals surface area contributed by atoms with Crippen molar-refractivity contribution in [3.8, 4) is 22.3 Å². The molecule has 264 valence electrons. The van der Waals surface area contributed by atoms with Gasteiger partial charge in [-0.3, -0.25) is 0 Å². The van der Waals surface area contributed by atoms with Crippen molar-refractivity contribution in [2.45, 2.75) is 84.5 Å². The van der Waals surface area contributed by atoms with E-state index in [9.17, 15) is 0 Å². The Bertz CT molecular complexity index is 2260. The summed E-state index contributed by atoms with van der Waals surface area (Å²) in [5.74, 6) is -1.20. The van der Waals surface area contributed by atoms with Crippen LogP contribution in [0.25, 0.3) is 28.3 Å². The van der Waals surface area contributed by atoms with Gasteiger partial charge in [0.25, 0.3) is 0 Å². The van der Waals surface area contributed by atoms with Gasteiger partial charge in [0.05, 0.1) is 0 Å². The summed E-state index contributed by atoms with van der Waals surface area (Å²) in [5.41, 5.74) is 18.1. The second-order valence-electron chi connectivity index (χ2n) is 17.3. The Morgan fingerprint density at radius 1 is 0.642 bits per heavy atom. The van der Waals surface area contributed by atoms with Gasteiger partial charge in [0.2, 0.25) is 0 Å². The molecule has 0 spiro atoms. The third-order valence-corrected chi connectivity index (χ3v) is 24.5. The van der Waals surface area contributed by atoms with Crippen LogP contribution in [0, 0.1) is 0 Å². The zero-order chi connectivity index (χ0) is 36.9. The van der Waals surface area contributed by atoms with Gasteiger partial charge in [-0.1, -0.05) is 0 Å². The predicted octanol–water partition coefficient (Wildman–Crippen LogP) is 11.1. The first-order valence-electron chi connectivity index (χ1n) is 19.6. The monoisotopic (exact) mass is 782 g/mol. The fourth-order valence-electron chi connectivity index (χ4n) is 9.06. The van der Waals surface area contributed by atoms with Crippen molar-refractivity contribution < 1.29 is 22.4 Å². The molecule has 2 aliphatic carbocycles. The number of allylic oxidation sites excluding steroid dienone is 1. The molecule has 0 amide bonds. The number of fused-ring (bicyclic) bond motifs is 4. The van der Waals surface area contributed by atoms with E-state index in [1.165, 1.54) is 44.5 Å². The average molecular weight is 784 g/mol. The first-order chi connectivity index (χ1) is 25.5. The minimum absolute atomic E-state index is 0.00464. The Morgan fingerprint density at radius 2 is 1.28 bits per heavy atom. The maximum atomic E-state index is 2.74. The summed E-state index contributed by atoms with van der Waals surface area (Å²) in [5, 5.41) is 3.18. The van der Waals surface area contributed by atoms with Gasteiger partial charge in [-0.25, -0.2) is 0 Å². The summed E-state index contributed by atoms with van der Waals surface area (Å²) in [6.07, 6.45) is 5.87. The molecule has 0 fully saturated rings. The van der Waals surface area contributed by atoms with Gasteiger partial charge in [-0.15, -0.1) is 0 Å². The molecular formula is C51H52SiZr. The van der Waals surface area contributed by atoms with Crippen LogP contribution < -0.4 is 13.6 Å². The zero-order valence-electron chi connectivity index (χ0n) is 32.6. The van der Waals surface area contributed by atoms with Crippen LogP contribution in [0.5, 0.6) is 0 Å². The standard InChI is InChI=1S/C39H41.C12H11Si.Zr/c1-8-13-26-23-33-29(25-14-10-9-11-15-25)16-12-17-32(33)36(26)37-34-24-27-22-28(38(2,3)4)18-19-30(27)31(34)20-21-35(37)39(5,6)7;1-3-7-11(8-4-1)13-12-9-5-2-6-10-12;/h9-12,14-20,22-23,36H,8,13,24H2,1-7H3;1-10,13H;. The minimum atomic E-state index is -1.47. The number of hydrogen-bond donors (Lipinski definition) is 0. The SMILES string of the molecule is CCCC1=Cc2c(-c3ccccc3)cccc2C1c1c2c(c[c]([Zr][SiH](c3ccccc3)c3ccccc3)c1C(C)(C)C)-c1ccc(C(C)(C)C)cc1C2. The average Bonchev–Trinajstić information content (AvgIpc) is 3.71. The molecule has 0 nitrogen and oxygen atoms in total. The summed E-state index contributed by atoms with van der Waals surface area (Å²) in [6.45, 7) is 16.9. The van der Waals surface area contributed by atoms with Crippen LogP contribution in [0.4, 0.5) is 0 Å². The van der Waals surface area contributed by atoms with Crippen molar-refractivity contribution in [1.29, 1.82) is 0 Å². The van der Waals surface area contributed by atoms with Gasteiger partial charge in [-0.05, 0) is 0 Å². The van der Waals surface area contributed by atoms with E-state index in [2.05, 4.69) is 188 Å². The topological polar surface area (TPSA) is 0 Å². The molecule has 6 aromatic rings. The van der Waals surface area contributed by atoms with E-state index in [0.717, 1.165) is 19.3 Å². The molecule has 0 saturated carbocycles. The quantitative estimate of drug-likeness (QED) is 0.135. The number of benzene rings is 6. The van der Waals surface area contributed by atoms with Gasteiger partial charge in [-0.2, -0.15) is 0 Å². The normalized spacial score (nSPS) is 14.9. The summed E-state index contributed by atoms with van der Waals surface area (Å²) >= 11 is -1.14. The maximum absolute atomic E-state index is 2.74. The summed E-state index contributed by atoms with van der Waals surface area (Å²) in [7, 11) is 0. The van der Waals surface area contributed by atoms with Crippen LogP contribution in [-0.4, -0.2) is 5.92 Å². The summed E-state index contributed by atoms with van der Waals surface area (Å²) in [6, 6.07) is 51.5. The van der Waals surface area contributed by atoms with E-state index in [4.69, 9.17) is 0 Å². The van der Waals surface area contributed by atoms with Crippen LogP contribution >= 0.6 is 0 Å². The Hall–Kier alpha value is -3.84. The first-order valence-corrected chi connectivity index (χ1v) is 26.8. The molecule has 0 aromatic heterocycles. The molecule has 2 heteroatoms. The van der Waals surface area contributed by atoms with Crippen molar-refractivity contribution in [3.05, 3.63) is 178 Å². The molecule has 1 unspecified atom stereocenters. The molecule has 6 aromatic carbocycles.